The molecule has 1 aromatic rings. The number of aromatic nitrogens is 2. The summed E-state index contributed by atoms with van der Waals surface area (Å²) in [5.74, 6) is 2.33. The molecule has 0 radical (unpaired) electrons. The van der Waals surface area contributed by atoms with Crippen molar-refractivity contribution in [2.24, 2.45) is 0 Å². The minimum Gasteiger partial charge on any atom is -0.308 e. The standard InChI is InChI=1S/C12H22BrN3S/c1-4-7-17-9-11(14-5-2)12-10(13)8-15-16(12)6-3/h8,11,14H,4-7,9H2,1-3H3. The van der Waals surface area contributed by atoms with Crippen LogP contribution in [0.4, 0.5) is 0 Å². The molecular formula is C12H22BrN3S. The van der Waals surface area contributed by atoms with Crippen molar-refractivity contribution in [3.05, 3.63) is 16.4 Å². The van der Waals surface area contributed by atoms with Crippen LogP contribution in [0.25, 0.3) is 0 Å². The van der Waals surface area contributed by atoms with Crippen LogP contribution in [-0.2, 0) is 6.54 Å². The molecule has 0 amide bonds. The van der Waals surface area contributed by atoms with E-state index >= 15 is 0 Å². The van der Waals surface area contributed by atoms with Gasteiger partial charge in [-0.05, 0) is 41.6 Å². The Bertz CT molecular complexity index is 328. The van der Waals surface area contributed by atoms with Crippen molar-refractivity contribution in [3.63, 3.8) is 0 Å². The van der Waals surface area contributed by atoms with E-state index in [1.54, 1.807) is 0 Å². The molecule has 0 aliphatic carbocycles. The molecule has 1 unspecified atom stereocenters. The molecule has 17 heavy (non-hydrogen) atoms. The molecule has 1 heterocycles. The van der Waals surface area contributed by atoms with E-state index in [0.717, 1.165) is 23.3 Å². The van der Waals surface area contributed by atoms with Crippen molar-refractivity contribution in [1.82, 2.24) is 15.1 Å². The summed E-state index contributed by atoms with van der Waals surface area (Å²) in [5.41, 5.74) is 1.28. The van der Waals surface area contributed by atoms with Crippen molar-refractivity contribution in [2.75, 3.05) is 18.1 Å². The molecule has 0 aromatic carbocycles. The fraction of sp³-hybridized carbons (Fsp3) is 0.750. The third-order valence-corrected chi connectivity index (χ3v) is 4.42. The Hall–Kier alpha value is 0. The highest BCUT2D eigenvalue weighted by Crippen LogP contribution is 2.26. The number of aryl methyl sites for hydroxylation is 1. The van der Waals surface area contributed by atoms with Gasteiger partial charge in [0.15, 0.2) is 0 Å². The molecule has 0 saturated carbocycles. The van der Waals surface area contributed by atoms with Gasteiger partial charge in [0.05, 0.1) is 22.4 Å². The van der Waals surface area contributed by atoms with E-state index in [1.807, 2.05) is 18.0 Å². The summed E-state index contributed by atoms with van der Waals surface area (Å²) in [4.78, 5) is 0. The van der Waals surface area contributed by atoms with Crippen LogP contribution in [-0.4, -0.2) is 27.8 Å². The van der Waals surface area contributed by atoms with Crippen LogP contribution < -0.4 is 5.32 Å². The highest BCUT2D eigenvalue weighted by atomic mass is 79.9. The smallest absolute Gasteiger partial charge is 0.0703 e. The predicted molar refractivity (Wildman–Crippen MR) is 79.6 cm³/mol. The lowest BCUT2D eigenvalue weighted by molar-refractivity contribution is 0.525. The second-order valence-corrected chi connectivity index (χ2v) is 5.88. The van der Waals surface area contributed by atoms with E-state index in [0.29, 0.717) is 6.04 Å². The fourth-order valence-corrected chi connectivity index (χ4v) is 3.34. The van der Waals surface area contributed by atoms with E-state index in [9.17, 15) is 0 Å². The number of nitrogens with zero attached hydrogens (tertiary/aromatic N) is 2. The monoisotopic (exact) mass is 319 g/mol. The first-order valence-electron chi connectivity index (χ1n) is 6.26. The Kier molecular flexibility index (Phi) is 7.23. The summed E-state index contributed by atoms with van der Waals surface area (Å²) in [6, 6.07) is 0.383. The van der Waals surface area contributed by atoms with Gasteiger partial charge >= 0.3 is 0 Å². The highest BCUT2D eigenvalue weighted by Gasteiger charge is 2.18. The van der Waals surface area contributed by atoms with Crippen molar-refractivity contribution >= 4 is 27.7 Å². The maximum Gasteiger partial charge on any atom is 0.0703 e. The molecule has 0 aliphatic heterocycles. The second-order valence-electron chi connectivity index (χ2n) is 3.88. The van der Waals surface area contributed by atoms with Crippen molar-refractivity contribution < 1.29 is 0 Å². The van der Waals surface area contributed by atoms with Crippen molar-refractivity contribution in [2.45, 2.75) is 39.8 Å². The minimum absolute atomic E-state index is 0.383. The van der Waals surface area contributed by atoms with Crippen LogP contribution in [0.1, 0.15) is 38.9 Å². The van der Waals surface area contributed by atoms with Gasteiger partial charge < -0.3 is 5.32 Å². The van der Waals surface area contributed by atoms with Gasteiger partial charge in [-0.2, -0.15) is 16.9 Å². The van der Waals surface area contributed by atoms with E-state index in [4.69, 9.17) is 0 Å². The first-order chi connectivity index (χ1) is 8.24. The highest BCUT2D eigenvalue weighted by molar-refractivity contribution is 9.10. The van der Waals surface area contributed by atoms with Crippen LogP contribution in [0.5, 0.6) is 0 Å². The van der Waals surface area contributed by atoms with Crippen molar-refractivity contribution in [1.29, 1.82) is 0 Å². The average molecular weight is 320 g/mol. The van der Waals surface area contributed by atoms with E-state index < -0.39 is 0 Å². The first kappa shape index (κ1) is 15.1. The summed E-state index contributed by atoms with van der Waals surface area (Å²) < 4.78 is 3.19. The Balaban J connectivity index is 2.76. The fourth-order valence-electron chi connectivity index (χ4n) is 1.80. The van der Waals surface area contributed by atoms with Gasteiger partial charge in [0, 0.05) is 12.3 Å². The third-order valence-electron chi connectivity index (χ3n) is 2.55. The van der Waals surface area contributed by atoms with Crippen LogP contribution in [0, 0.1) is 0 Å². The van der Waals surface area contributed by atoms with Crippen LogP contribution in [0.2, 0.25) is 0 Å². The molecule has 0 fully saturated rings. The van der Waals surface area contributed by atoms with Gasteiger partial charge in [0.1, 0.15) is 0 Å². The van der Waals surface area contributed by atoms with Gasteiger partial charge in [-0.3, -0.25) is 4.68 Å². The molecule has 5 heteroatoms. The molecule has 1 rings (SSSR count). The summed E-state index contributed by atoms with van der Waals surface area (Å²) in [7, 11) is 0. The summed E-state index contributed by atoms with van der Waals surface area (Å²) in [5, 5.41) is 7.93. The zero-order chi connectivity index (χ0) is 12.7. The van der Waals surface area contributed by atoms with Gasteiger partial charge in [-0.25, -0.2) is 0 Å². The Morgan fingerprint density at radius 3 is 2.82 bits per heavy atom. The molecule has 1 atom stereocenters. The predicted octanol–water partition coefficient (Wildman–Crippen LogP) is 3.46. The summed E-state index contributed by atoms with van der Waals surface area (Å²) in [6.45, 7) is 8.41. The molecule has 98 valence electrons. The second kappa shape index (κ2) is 8.16. The molecule has 0 bridgehead atoms. The van der Waals surface area contributed by atoms with Crippen molar-refractivity contribution in [3.8, 4) is 0 Å². The minimum atomic E-state index is 0.383. The van der Waals surface area contributed by atoms with E-state index in [2.05, 4.69) is 51.8 Å². The number of nitrogens with one attached hydrogen (secondary N) is 1. The molecular weight excluding hydrogens is 298 g/mol. The van der Waals surface area contributed by atoms with Gasteiger partial charge in [0.2, 0.25) is 0 Å². The van der Waals surface area contributed by atoms with Crippen LogP contribution in [0.3, 0.4) is 0 Å². The lowest BCUT2D eigenvalue weighted by Gasteiger charge is -2.19. The van der Waals surface area contributed by atoms with E-state index in [-0.39, 0.29) is 0 Å². The normalized spacial score (nSPS) is 12.9. The zero-order valence-electron chi connectivity index (χ0n) is 10.9. The quantitative estimate of drug-likeness (QED) is 0.744. The largest absolute Gasteiger partial charge is 0.308 e. The Morgan fingerprint density at radius 1 is 1.47 bits per heavy atom. The lowest BCUT2D eigenvalue weighted by Crippen LogP contribution is -2.26. The Labute approximate surface area is 117 Å². The number of rotatable bonds is 8. The molecule has 0 aliphatic rings. The third kappa shape index (κ3) is 4.30. The molecule has 0 spiro atoms. The van der Waals surface area contributed by atoms with Gasteiger partial charge in [-0.15, -0.1) is 0 Å². The SMILES string of the molecule is CCCSCC(NCC)c1c(Br)cnn1CC. The number of halogens is 1. The van der Waals surface area contributed by atoms with Gasteiger partial charge in [0.25, 0.3) is 0 Å². The molecule has 1 N–H and O–H groups in total. The lowest BCUT2D eigenvalue weighted by atomic mass is 10.2. The molecule has 0 saturated heterocycles. The zero-order valence-corrected chi connectivity index (χ0v) is 13.3. The van der Waals surface area contributed by atoms with Crippen LogP contribution in [0.15, 0.2) is 10.7 Å². The molecule has 3 nitrogen and oxygen atoms in total. The number of hydrogen-bond acceptors (Lipinski definition) is 3. The van der Waals surface area contributed by atoms with E-state index in [1.165, 1.54) is 17.9 Å². The first-order valence-corrected chi connectivity index (χ1v) is 8.21. The van der Waals surface area contributed by atoms with Gasteiger partial charge in [-0.1, -0.05) is 13.8 Å². The number of thioether (sulfide) groups is 1. The maximum absolute atomic E-state index is 4.39. The van der Waals surface area contributed by atoms with Crippen LogP contribution >= 0.6 is 27.7 Å². The topological polar surface area (TPSA) is 29.9 Å². The summed E-state index contributed by atoms with van der Waals surface area (Å²) in [6.07, 6.45) is 3.13. The average Bonchev–Trinajstić information content (AvgIpc) is 2.69. The maximum atomic E-state index is 4.39. The molecule has 1 aromatic heterocycles. The number of hydrogen-bond donors (Lipinski definition) is 1. The summed E-state index contributed by atoms with van der Waals surface area (Å²) >= 11 is 5.61. The Morgan fingerprint density at radius 2 is 2.24 bits per heavy atom.